The molecular formula is C12H14BrClO4. The van der Waals surface area contributed by atoms with E-state index in [-0.39, 0.29) is 13.0 Å². The van der Waals surface area contributed by atoms with E-state index >= 15 is 0 Å². The van der Waals surface area contributed by atoms with Crippen LogP contribution in [-0.4, -0.2) is 30.4 Å². The molecule has 0 radical (unpaired) electrons. The van der Waals surface area contributed by atoms with Crippen LogP contribution in [0.5, 0.6) is 5.75 Å². The summed E-state index contributed by atoms with van der Waals surface area (Å²) in [5.74, 6) is -0.456. The highest BCUT2D eigenvalue weighted by Crippen LogP contribution is 2.27. The van der Waals surface area contributed by atoms with Gasteiger partial charge in [0.25, 0.3) is 0 Å². The average Bonchev–Trinajstić information content (AvgIpc) is 2.30. The third-order valence-corrected chi connectivity index (χ3v) is 2.96. The van der Waals surface area contributed by atoms with Crippen molar-refractivity contribution in [2.24, 2.45) is 0 Å². The van der Waals surface area contributed by atoms with Crippen LogP contribution in [0.3, 0.4) is 0 Å². The van der Waals surface area contributed by atoms with Gasteiger partial charge in [-0.05, 0) is 25.1 Å². The maximum Gasteiger partial charge on any atom is 0.332 e. The summed E-state index contributed by atoms with van der Waals surface area (Å²) in [6.45, 7) is 2.34. The van der Waals surface area contributed by atoms with E-state index in [9.17, 15) is 4.79 Å². The molecule has 100 valence electrons. The molecule has 1 unspecified atom stereocenters. The summed E-state index contributed by atoms with van der Waals surface area (Å²) >= 11 is 9.26. The predicted octanol–water partition coefficient (Wildman–Crippen LogP) is 3.36. The second-order valence-electron chi connectivity index (χ2n) is 3.49. The Morgan fingerprint density at radius 1 is 1.56 bits per heavy atom. The van der Waals surface area contributed by atoms with Gasteiger partial charge in [-0.1, -0.05) is 27.5 Å². The summed E-state index contributed by atoms with van der Waals surface area (Å²) in [7, 11) is 0. The molecule has 0 aliphatic heterocycles. The SMILES string of the molecule is CCOC(CCOc1ccc(Br)cc1Cl)C(=O)O. The van der Waals surface area contributed by atoms with Crippen molar-refractivity contribution < 1.29 is 19.4 Å². The molecule has 0 amide bonds. The fraction of sp³-hybridized carbons (Fsp3) is 0.417. The highest BCUT2D eigenvalue weighted by Gasteiger charge is 2.17. The quantitative estimate of drug-likeness (QED) is 0.829. The monoisotopic (exact) mass is 336 g/mol. The van der Waals surface area contributed by atoms with Gasteiger partial charge in [0.2, 0.25) is 0 Å². The molecule has 1 aromatic rings. The van der Waals surface area contributed by atoms with Gasteiger partial charge in [-0.2, -0.15) is 0 Å². The summed E-state index contributed by atoms with van der Waals surface area (Å²) in [5, 5.41) is 9.36. The number of benzene rings is 1. The van der Waals surface area contributed by atoms with Gasteiger partial charge >= 0.3 is 5.97 Å². The first-order chi connectivity index (χ1) is 8.54. The Bertz CT molecular complexity index is 411. The molecule has 1 rings (SSSR count). The molecule has 6 heteroatoms. The van der Waals surface area contributed by atoms with Gasteiger partial charge in [-0.3, -0.25) is 0 Å². The summed E-state index contributed by atoms with van der Waals surface area (Å²) in [6, 6.07) is 5.25. The number of carboxylic acids is 1. The molecule has 0 aliphatic rings. The Labute approximate surface area is 119 Å². The highest BCUT2D eigenvalue weighted by molar-refractivity contribution is 9.10. The van der Waals surface area contributed by atoms with Gasteiger partial charge in [0.05, 0.1) is 11.6 Å². The first-order valence-electron chi connectivity index (χ1n) is 5.46. The van der Waals surface area contributed by atoms with Gasteiger partial charge in [-0.15, -0.1) is 0 Å². The lowest BCUT2D eigenvalue weighted by Crippen LogP contribution is -2.26. The maximum absolute atomic E-state index is 10.8. The minimum absolute atomic E-state index is 0.234. The summed E-state index contributed by atoms with van der Waals surface area (Å²) in [4.78, 5) is 10.8. The molecular weight excluding hydrogens is 323 g/mol. The number of hydrogen-bond acceptors (Lipinski definition) is 3. The summed E-state index contributed by atoms with van der Waals surface area (Å²) in [6.07, 6.45) is -0.570. The Morgan fingerprint density at radius 2 is 2.28 bits per heavy atom. The van der Waals surface area contributed by atoms with E-state index < -0.39 is 12.1 Å². The number of carboxylic acid groups (broad SMARTS) is 1. The molecule has 0 aliphatic carbocycles. The van der Waals surface area contributed by atoms with Gasteiger partial charge in [-0.25, -0.2) is 4.79 Å². The standard InChI is InChI=1S/C12H14BrClO4/c1-2-17-11(12(15)16)5-6-18-10-4-3-8(13)7-9(10)14/h3-4,7,11H,2,5-6H2,1H3,(H,15,16). The van der Waals surface area contributed by atoms with Gasteiger partial charge in [0.15, 0.2) is 6.10 Å². The van der Waals surface area contributed by atoms with E-state index in [1.807, 2.05) is 0 Å². The summed E-state index contributed by atoms with van der Waals surface area (Å²) < 4.78 is 11.4. The van der Waals surface area contributed by atoms with Gasteiger partial charge < -0.3 is 14.6 Å². The number of hydrogen-bond donors (Lipinski definition) is 1. The van der Waals surface area contributed by atoms with Crippen LogP contribution in [0.15, 0.2) is 22.7 Å². The second kappa shape index (κ2) is 7.61. The smallest absolute Gasteiger partial charge is 0.332 e. The van der Waals surface area contributed by atoms with E-state index in [4.69, 9.17) is 26.2 Å². The maximum atomic E-state index is 10.8. The van der Waals surface area contributed by atoms with E-state index in [1.165, 1.54) is 0 Å². The number of aliphatic carboxylic acids is 1. The van der Waals surface area contributed by atoms with Crippen LogP contribution in [0.2, 0.25) is 5.02 Å². The molecule has 1 N–H and O–H groups in total. The van der Waals surface area contributed by atoms with Crippen molar-refractivity contribution in [3.05, 3.63) is 27.7 Å². The zero-order valence-corrected chi connectivity index (χ0v) is 12.2. The van der Waals surface area contributed by atoms with Crippen LogP contribution in [0.1, 0.15) is 13.3 Å². The van der Waals surface area contributed by atoms with E-state index in [0.717, 1.165) is 4.47 Å². The van der Waals surface area contributed by atoms with Crippen molar-refractivity contribution in [3.63, 3.8) is 0 Å². The third kappa shape index (κ3) is 4.84. The van der Waals surface area contributed by atoms with Crippen LogP contribution in [0, 0.1) is 0 Å². The molecule has 18 heavy (non-hydrogen) atoms. The molecule has 1 aromatic carbocycles. The van der Waals surface area contributed by atoms with Crippen molar-refractivity contribution in [3.8, 4) is 5.75 Å². The number of ether oxygens (including phenoxy) is 2. The molecule has 0 heterocycles. The number of halogens is 2. The highest BCUT2D eigenvalue weighted by atomic mass is 79.9. The zero-order chi connectivity index (χ0) is 13.5. The number of carbonyl (C=O) groups is 1. The van der Waals surface area contributed by atoms with Crippen molar-refractivity contribution in [2.75, 3.05) is 13.2 Å². The Morgan fingerprint density at radius 3 is 2.83 bits per heavy atom. The topological polar surface area (TPSA) is 55.8 Å². The van der Waals surface area contributed by atoms with Crippen LogP contribution < -0.4 is 4.74 Å². The Balaban J connectivity index is 2.47. The van der Waals surface area contributed by atoms with Gasteiger partial charge in [0.1, 0.15) is 5.75 Å². The minimum atomic E-state index is -0.984. The molecule has 0 fully saturated rings. The predicted molar refractivity (Wildman–Crippen MR) is 72.3 cm³/mol. The molecule has 0 bridgehead atoms. The van der Waals surface area contributed by atoms with Crippen LogP contribution in [0.4, 0.5) is 0 Å². The Hall–Kier alpha value is -0.780. The molecule has 0 saturated carbocycles. The zero-order valence-electron chi connectivity index (χ0n) is 9.86. The fourth-order valence-corrected chi connectivity index (χ4v) is 2.08. The van der Waals surface area contributed by atoms with E-state index in [2.05, 4.69) is 15.9 Å². The first-order valence-corrected chi connectivity index (χ1v) is 6.64. The second-order valence-corrected chi connectivity index (χ2v) is 4.82. The molecule has 4 nitrogen and oxygen atoms in total. The molecule has 0 spiro atoms. The lowest BCUT2D eigenvalue weighted by Gasteiger charge is -2.13. The van der Waals surface area contributed by atoms with Crippen molar-refractivity contribution in [1.82, 2.24) is 0 Å². The first kappa shape index (κ1) is 15.3. The minimum Gasteiger partial charge on any atom is -0.492 e. The van der Waals surface area contributed by atoms with Crippen LogP contribution >= 0.6 is 27.5 Å². The van der Waals surface area contributed by atoms with Gasteiger partial charge in [0, 0.05) is 17.5 Å². The Kier molecular flexibility index (Phi) is 6.46. The average molecular weight is 338 g/mol. The molecule has 1 atom stereocenters. The van der Waals surface area contributed by atoms with E-state index in [0.29, 0.717) is 17.4 Å². The fourth-order valence-electron chi connectivity index (χ4n) is 1.35. The van der Waals surface area contributed by atoms with Crippen molar-refractivity contribution in [1.29, 1.82) is 0 Å². The normalized spacial score (nSPS) is 12.2. The van der Waals surface area contributed by atoms with Crippen LogP contribution in [0.25, 0.3) is 0 Å². The largest absolute Gasteiger partial charge is 0.492 e. The lowest BCUT2D eigenvalue weighted by atomic mass is 10.2. The lowest BCUT2D eigenvalue weighted by molar-refractivity contribution is -0.150. The molecule has 0 aromatic heterocycles. The summed E-state index contributed by atoms with van der Waals surface area (Å²) in [5.41, 5.74) is 0. The van der Waals surface area contributed by atoms with Crippen molar-refractivity contribution in [2.45, 2.75) is 19.4 Å². The van der Waals surface area contributed by atoms with E-state index in [1.54, 1.807) is 25.1 Å². The van der Waals surface area contributed by atoms with Crippen LogP contribution in [-0.2, 0) is 9.53 Å². The van der Waals surface area contributed by atoms with Crippen molar-refractivity contribution >= 4 is 33.5 Å². The molecule has 0 saturated heterocycles. The third-order valence-electron chi connectivity index (χ3n) is 2.17. The number of rotatable bonds is 7.